The second-order valence-corrected chi connectivity index (χ2v) is 11.8. The minimum atomic E-state index is -0.581. The van der Waals surface area contributed by atoms with Crippen molar-refractivity contribution in [3.05, 3.63) is 43.4 Å². The summed E-state index contributed by atoms with van der Waals surface area (Å²) < 4.78 is 0. The summed E-state index contributed by atoms with van der Waals surface area (Å²) in [5, 5.41) is 0.199. The summed E-state index contributed by atoms with van der Waals surface area (Å²) in [7, 11) is 0. The Morgan fingerprint density at radius 1 is 0.641 bits per heavy atom. The Balaban J connectivity index is 1.88. The monoisotopic (exact) mass is 592 g/mol. The molecule has 2 aliphatic rings. The quantitative estimate of drug-likeness (QED) is 0.232. The van der Waals surface area contributed by atoms with Gasteiger partial charge in [0.05, 0.1) is 37.3 Å². The maximum absolute atomic E-state index is 13.8. The molecule has 2 atom stereocenters. The number of benzene rings is 2. The van der Waals surface area contributed by atoms with Crippen molar-refractivity contribution in [3.63, 3.8) is 0 Å². The van der Waals surface area contributed by atoms with E-state index in [2.05, 4.69) is 13.8 Å². The van der Waals surface area contributed by atoms with Gasteiger partial charge in [-0.15, -0.1) is 0 Å². The van der Waals surface area contributed by atoms with E-state index in [-0.39, 0.29) is 73.0 Å². The average molecular weight is 594 g/mol. The lowest BCUT2D eigenvalue weighted by molar-refractivity contribution is 0.0559. The summed E-state index contributed by atoms with van der Waals surface area (Å²) in [5.74, 6) is -1.95. The second-order valence-electron chi connectivity index (χ2n) is 10.7. The SMILES string of the molecule is CCCCC(CC)CN1C(=O)c2cc(Cl)c3c4c(c(Cl)c(Cl)c(c24)C1=O)C(=O)N(CC(CC)CCCC)C3=O. The van der Waals surface area contributed by atoms with Crippen molar-refractivity contribution >= 4 is 69.2 Å². The first kappa shape index (κ1) is 29.8. The summed E-state index contributed by atoms with van der Waals surface area (Å²) in [6, 6.07) is 1.44. The van der Waals surface area contributed by atoms with Gasteiger partial charge in [-0.2, -0.15) is 0 Å². The third-order valence-corrected chi connectivity index (χ3v) is 9.38. The molecule has 0 N–H and O–H groups in total. The van der Waals surface area contributed by atoms with Gasteiger partial charge < -0.3 is 0 Å². The molecule has 2 unspecified atom stereocenters. The summed E-state index contributed by atoms with van der Waals surface area (Å²) in [5.41, 5.74) is 0.301. The van der Waals surface area contributed by atoms with Gasteiger partial charge in [0.1, 0.15) is 0 Å². The lowest BCUT2D eigenvalue weighted by atomic mass is 9.84. The summed E-state index contributed by atoms with van der Waals surface area (Å²) in [4.78, 5) is 57.5. The number of hydrogen-bond acceptors (Lipinski definition) is 4. The number of carbonyl (C=O) groups is 4. The van der Waals surface area contributed by atoms with E-state index < -0.39 is 23.6 Å². The van der Waals surface area contributed by atoms with Gasteiger partial charge in [0.25, 0.3) is 23.6 Å². The first-order valence-corrected chi connectivity index (χ1v) is 15.1. The molecule has 9 heteroatoms. The molecular formula is C30H35Cl3N2O4. The van der Waals surface area contributed by atoms with E-state index in [0.717, 1.165) is 51.4 Å². The Hall–Kier alpha value is -2.15. The van der Waals surface area contributed by atoms with Crippen LogP contribution < -0.4 is 0 Å². The van der Waals surface area contributed by atoms with E-state index in [1.807, 2.05) is 13.8 Å². The van der Waals surface area contributed by atoms with E-state index in [4.69, 9.17) is 34.8 Å². The third kappa shape index (κ3) is 5.09. The predicted molar refractivity (Wildman–Crippen MR) is 156 cm³/mol. The van der Waals surface area contributed by atoms with E-state index in [1.165, 1.54) is 15.9 Å². The Morgan fingerprint density at radius 3 is 1.54 bits per heavy atom. The lowest BCUT2D eigenvalue weighted by Crippen LogP contribution is -2.46. The molecular weight excluding hydrogens is 559 g/mol. The van der Waals surface area contributed by atoms with Crippen LogP contribution >= 0.6 is 34.8 Å². The molecule has 0 spiro atoms. The number of nitrogens with zero attached hydrogens (tertiary/aromatic N) is 2. The van der Waals surface area contributed by atoms with Crippen LogP contribution in [0.5, 0.6) is 0 Å². The molecule has 0 radical (unpaired) electrons. The van der Waals surface area contributed by atoms with Gasteiger partial charge in [-0.05, 0) is 30.7 Å². The highest BCUT2D eigenvalue weighted by Crippen LogP contribution is 2.47. The molecule has 210 valence electrons. The van der Waals surface area contributed by atoms with Crippen LogP contribution in [0.2, 0.25) is 15.1 Å². The number of hydrogen-bond donors (Lipinski definition) is 0. The van der Waals surface area contributed by atoms with Gasteiger partial charge in [-0.25, -0.2) is 0 Å². The smallest absolute Gasteiger partial charge is 0.262 e. The zero-order chi connectivity index (χ0) is 28.6. The molecule has 39 heavy (non-hydrogen) atoms. The van der Waals surface area contributed by atoms with E-state index >= 15 is 0 Å². The largest absolute Gasteiger partial charge is 0.274 e. The molecule has 2 aliphatic heterocycles. The molecule has 0 aromatic heterocycles. The number of unbranched alkanes of at least 4 members (excludes halogenated alkanes) is 2. The number of amides is 4. The van der Waals surface area contributed by atoms with Gasteiger partial charge in [0.15, 0.2) is 0 Å². The summed E-state index contributed by atoms with van der Waals surface area (Å²) >= 11 is 20.1. The molecule has 2 heterocycles. The molecule has 0 bridgehead atoms. The number of imide groups is 2. The van der Waals surface area contributed by atoms with Crippen molar-refractivity contribution in [1.82, 2.24) is 9.80 Å². The lowest BCUT2D eigenvalue weighted by Gasteiger charge is -2.35. The van der Waals surface area contributed by atoms with Crippen LogP contribution in [0.15, 0.2) is 6.07 Å². The Labute approximate surface area is 244 Å². The highest BCUT2D eigenvalue weighted by atomic mass is 35.5. The van der Waals surface area contributed by atoms with Crippen LogP contribution in [0.3, 0.4) is 0 Å². The van der Waals surface area contributed by atoms with E-state index in [0.29, 0.717) is 0 Å². The van der Waals surface area contributed by atoms with Crippen LogP contribution in [0.1, 0.15) is 120 Å². The minimum Gasteiger partial charge on any atom is -0.274 e. The average Bonchev–Trinajstić information content (AvgIpc) is 2.91. The first-order chi connectivity index (χ1) is 18.6. The van der Waals surface area contributed by atoms with Crippen LogP contribution in [-0.2, 0) is 0 Å². The van der Waals surface area contributed by atoms with Crippen LogP contribution in [0.4, 0.5) is 0 Å². The number of rotatable bonds is 12. The summed E-state index contributed by atoms with van der Waals surface area (Å²) in [6.45, 7) is 8.73. The molecule has 4 amide bonds. The fourth-order valence-corrected chi connectivity index (χ4v) is 6.62. The molecule has 0 aliphatic carbocycles. The number of halogens is 3. The molecule has 0 saturated heterocycles. The first-order valence-electron chi connectivity index (χ1n) is 14.0. The van der Waals surface area contributed by atoms with Crippen molar-refractivity contribution in [1.29, 1.82) is 0 Å². The zero-order valence-corrected chi connectivity index (χ0v) is 25.2. The highest BCUT2D eigenvalue weighted by Gasteiger charge is 2.44. The van der Waals surface area contributed by atoms with Crippen molar-refractivity contribution in [2.75, 3.05) is 13.1 Å². The molecule has 6 nitrogen and oxygen atoms in total. The maximum atomic E-state index is 13.8. The Bertz CT molecular complexity index is 1360. The van der Waals surface area contributed by atoms with Crippen molar-refractivity contribution in [2.45, 2.75) is 79.1 Å². The Morgan fingerprint density at radius 2 is 1.08 bits per heavy atom. The van der Waals surface area contributed by atoms with Gasteiger partial charge in [0.2, 0.25) is 0 Å². The third-order valence-electron chi connectivity index (χ3n) is 8.23. The van der Waals surface area contributed by atoms with Gasteiger partial charge in [0, 0.05) is 23.9 Å². The number of carbonyl (C=O) groups excluding carboxylic acids is 4. The van der Waals surface area contributed by atoms with E-state index in [9.17, 15) is 19.2 Å². The van der Waals surface area contributed by atoms with Crippen molar-refractivity contribution < 1.29 is 19.2 Å². The normalized spacial score (nSPS) is 16.5. The maximum Gasteiger partial charge on any atom is 0.262 e. The standard InChI is InChI=1S/C30H35Cl3N2O4/c1-5-9-11-16(7-3)14-34-27(36)18-13-19(31)21-22-20(18)23(29(34)38)25(32)26(33)24(22)30(39)35(28(21)37)15-17(8-4)12-10-6-2/h13,16-17H,5-12,14-15H2,1-4H3. The van der Waals surface area contributed by atoms with Gasteiger partial charge in [-0.1, -0.05) is 101 Å². The Kier molecular flexibility index (Phi) is 9.30. The predicted octanol–water partition coefficient (Wildman–Crippen LogP) is 8.42. The molecule has 4 rings (SSSR count). The topological polar surface area (TPSA) is 74.8 Å². The molecule has 0 saturated carbocycles. The van der Waals surface area contributed by atoms with Crippen molar-refractivity contribution in [3.8, 4) is 0 Å². The fourth-order valence-electron chi connectivity index (χ4n) is 5.80. The van der Waals surface area contributed by atoms with Gasteiger partial charge in [-0.3, -0.25) is 29.0 Å². The zero-order valence-electron chi connectivity index (χ0n) is 23.0. The summed E-state index contributed by atoms with van der Waals surface area (Å²) in [6.07, 6.45) is 7.37. The van der Waals surface area contributed by atoms with E-state index in [1.54, 1.807) is 0 Å². The highest BCUT2D eigenvalue weighted by molar-refractivity contribution is 6.51. The second kappa shape index (κ2) is 12.2. The van der Waals surface area contributed by atoms with Gasteiger partial charge >= 0.3 is 0 Å². The van der Waals surface area contributed by atoms with Crippen LogP contribution in [-0.4, -0.2) is 46.5 Å². The molecule has 2 aromatic rings. The molecule has 2 aromatic carbocycles. The molecule has 0 fully saturated rings. The fraction of sp³-hybridized carbons (Fsp3) is 0.533. The van der Waals surface area contributed by atoms with Crippen molar-refractivity contribution in [2.24, 2.45) is 11.8 Å². The van der Waals surface area contributed by atoms with Crippen LogP contribution in [0, 0.1) is 11.8 Å². The minimum absolute atomic E-state index is 0.0209. The van der Waals surface area contributed by atoms with Crippen LogP contribution in [0.25, 0.3) is 10.8 Å².